The molecule has 2 N–H and O–H groups in total. The summed E-state index contributed by atoms with van der Waals surface area (Å²) in [6, 6.07) is 14.1. The van der Waals surface area contributed by atoms with Crippen molar-refractivity contribution in [3.63, 3.8) is 0 Å². The van der Waals surface area contributed by atoms with E-state index in [-0.39, 0.29) is 0 Å². The zero-order valence-corrected chi connectivity index (χ0v) is 15.3. The van der Waals surface area contributed by atoms with Crippen LogP contribution in [0.4, 0.5) is 0 Å². The predicted molar refractivity (Wildman–Crippen MR) is 103 cm³/mol. The second-order valence-electron chi connectivity index (χ2n) is 5.57. The van der Waals surface area contributed by atoms with E-state index in [0.717, 1.165) is 30.3 Å². The summed E-state index contributed by atoms with van der Waals surface area (Å²) < 4.78 is 5.56. The van der Waals surface area contributed by atoms with Crippen LogP contribution in [0.1, 0.15) is 22.4 Å². The molecule has 3 aromatic rings. The molecule has 0 aliphatic carbocycles. The van der Waals surface area contributed by atoms with Crippen LogP contribution in [0.3, 0.4) is 0 Å². The van der Waals surface area contributed by atoms with Crippen LogP contribution in [0.5, 0.6) is 0 Å². The monoisotopic (exact) mass is 354 g/mol. The highest BCUT2D eigenvalue weighted by Gasteiger charge is 2.06. The summed E-state index contributed by atoms with van der Waals surface area (Å²) in [6.45, 7) is 6.20. The molecule has 0 unspecified atom stereocenters. The fourth-order valence-electron chi connectivity index (χ4n) is 2.35. The highest BCUT2D eigenvalue weighted by atomic mass is 32.1. The first-order valence-corrected chi connectivity index (χ1v) is 9.13. The summed E-state index contributed by atoms with van der Waals surface area (Å²) in [6.07, 6.45) is 1.66. The van der Waals surface area contributed by atoms with Gasteiger partial charge in [-0.1, -0.05) is 18.2 Å². The smallest absolute Gasteiger partial charge is 0.226 e. The molecule has 130 valence electrons. The molecule has 0 aliphatic rings. The molecule has 0 radical (unpaired) electrons. The zero-order valence-electron chi connectivity index (χ0n) is 14.5. The molecule has 5 nitrogen and oxygen atoms in total. The molecule has 6 heteroatoms. The second-order valence-corrected chi connectivity index (χ2v) is 6.94. The fourth-order valence-corrected chi connectivity index (χ4v) is 3.18. The Morgan fingerprint density at radius 1 is 1.16 bits per heavy atom. The van der Waals surface area contributed by atoms with Crippen molar-refractivity contribution in [2.45, 2.75) is 26.9 Å². The van der Waals surface area contributed by atoms with Crippen LogP contribution >= 0.6 is 11.3 Å². The summed E-state index contributed by atoms with van der Waals surface area (Å²) in [4.78, 5) is 11.7. The van der Waals surface area contributed by atoms with Gasteiger partial charge in [0, 0.05) is 21.9 Å². The Bertz CT molecular complexity index is 823. The largest absolute Gasteiger partial charge is 0.444 e. The Balaban J connectivity index is 1.62. The average Bonchev–Trinajstić information content (AvgIpc) is 3.27. The number of aromatic nitrogens is 1. The number of guanidine groups is 1. The zero-order chi connectivity index (χ0) is 17.5. The van der Waals surface area contributed by atoms with Gasteiger partial charge in [0.05, 0.1) is 13.1 Å². The van der Waals surface area contributed by atoms with Crippen molar-refractivity contribution >= 4 is 17.3 Å². The lowest BCUT2D eigenvalue weighted by molar-refractivity contribution is 0.572. The lowest BCUT2D eigenvalue weighted by Gasteiger charge is -2.09. The summed E-state index contributed by atoms with van der Waals surface area (Å²) in [7, 11) is 0. The maximum atomic E-state index is 5.56. The van der Waals surface area contributed by atoms with Gasteiger partial charge < -0.3 is 15.1 Å². The summed E-state index contributed by atoms with van der Waals surface area (Å²) in [5, 5.41) is 6.60. The standard InChI is InChI=1S/C19H22N4OS/c1-3-20-19(22-12-17-10-9-14(2)25-17)21-11-16-13-24-18(23-16)15-7-5-4-6-8-15/h4-10,13H,3,11-12H2,1-2H3,(H2,20,21,22). The SMILES string of the molecule is CCNC(=NCc1coc(-c2ccccc2)n1)NCc1ccc(C)s1. The quantitative estimate of drug-likeness (QED) is 0.519. The van der Waals surface area contributed by atoms with Gasteiger partial charge in [0.1, 0.15) is 12.0 Å². The Kier molecular flexibility index (Phi) is 5.85. The molecule has 1 aromatic carbocycles. The lowest BCUT2D eigenvalue weighted by atomic mass is 10.2. The summed E-state index contributed by atoms with van der Waals surface area (Å²) in [5.74, 6) is 1.40. The fraction of sp³-hybridized carbons (Fsp3) is 0.263. The van der Waals surface area contributed by atoms with Crippen LogP contribution in [0.15, 0.2) is 58.1 Å². The maximum absolute atomic E-state index is 5.56. The van der Waals surface area contributed by atoms with Gasteiger partial charge in [0.25, 0.3) is 0 Å². The highest BCUT2D eigenvalue weighted by molar-refractivity contribution is 7.11. The third kappa shape index (κ3) is 4.93. The van der Waals surface area contributed by atoms with Crippen LogP contribution in [-0.4, -0.2) is 17.5 Å². The van der Waals surface area contributed by atoms with E-state index in [2.05, 4.69) is 46.6 Å². The minimum Gasteiger partial charge on any atom is -0.444 e. The minimum absolute atomic E-state index is 0.467. The van der Waals surface area contributed by atoms with Crippen molar-refractivity contribution in [2.24, 2.45) is 4.99 Å². The molecular formula is C19H22N4OS. The molecule has 2 aromatic heterocycles. The van der Waals surface area contributed by atoms with Crippen LogP contribution < -0.4 is 10.6 Å². The van der Waals surface area contributed by atoms with E-state index < -0.39 is 0 Å². The van der Waals surface area contributed by atoms with Crippen LogP contribution in [-0.2, 0) is 13.1 Å². The topological polar surface area (TPSA) is 62.5 Å². The van der Waals surface area contributed by atoms with E-state index in [1.54, 1.807) is 17.6 Å². The van der Waals surface area contributed by atoms with Crippen LogP contribution in [0.25, 0.3) is 11.5 Å². The third-order valence-electron chi connectivity index (χ3n) is 3.54. The number of rotatable bonds is 6. The van der Waals surface area contributed by atoms with Gasteiger partial charge in [-0.2, -0.15) is 0 Å². The van der Waals surface area contributed by atoms with E-state index in [1.807, 2.05) is 30.3 Å². The van der Waals surface area contributed by atoms with E-state index in [4.69, 9.17) is 4.42 Å². The molecule has 0 amide bonds. The van der Waals surface area contributed by atoms with Crippen molar-refractivity contribution in [1.82, 2.24) is 15.6 Å². The van der Waals surface area contributed by atoms with Gasteiger partial charge >= 0.3 is 0 Å². The predicted octanol–water partition coefficient (Wildman–Crippen LogP) is 3.97. The molecular weight excluding hydrogens is 332 g/mol. The number of thiophene rings is 1. The molecule has 25 heavy (non-hydrogen) atoms. The molecule has 0 aliphatic heterocycles. The normalized spacial score (nSPS) is 11.5. The van der Waals surface area contributed by atoms with Gasteiger partial charge in [-0.05, 0) is 38.1 Å². The van der Waals surface area contributed by atoms with Gasteiger partial charge in [-0.3, -0.25) is 0 Å². The Hall–Kier alpha value is -2.60. The Labute approximate surface area is 151 Å². The van der Waals surface area contributed by atoms with E-state index in [1.165, 1.54) is 9.75 Å². The third-order valence-corrected chi connectivity index (χ3v) is 4.54. The van der Waals surface area contributed by atoms with Crippen molar-refractivity contribution < 1.29 is 4.42 Å². The van der Waals surface area contributed by atoms with E-state index >= 15 is 0 Å². The van der Waals surface area contributed by atoms with Crippen molar-refractivity contribution in [3.05, 3.63) is 64.2 Å². The second kappa shape index (κ2) is 8.48. The molecule has 2 heterocycles. The maximum Gasteiger partial charge on any atom is 0.226 e. The number of hydrogen-bond acceptors (Lipinski definition) is 4. The minimum atomic E-state index is 0.467. The molecule has 0 fully saturated rings. The van der Waals surface area contributed by atoms with Crippen LogP contribution in [0.2, 0.25) is 0 Å². The number of nitrogens with one attached hydrogen (secondary N) is 2. The molecule has 0 spiro atoms. The molecule has 0 bridgehead atoms. The molecule has 3 rings (SSSR count). The number of aliphatic imine (C=N–C) groups is 1. The highest BCUT2D eigenvalue weighted by Crippen LogP contribution is 2.18. The number of nitrogens with zero attached hydrogens (tertiary/aromatic N) is 2. The van der Waals surface area contributed by atoms with Crippen LogP contribution in [0, 0.1) is 6.92 Å². The van der Waals surface area contributed by atoms with E-state index in [9.17, 15) is 0 Å². The first-order chi connectivity index (χ1) is 12.2. The van der Waals surface area contributed by atoms with Gasteiger partial charge in [-0.15, -0.1) is 11.3 Å². The summed E-state index contributed by atoms with van der Waals surface area (Å²) in [5.41, 5.74) is 1.78. The Morgan fingerprint density at radius 3 is 2.72 bits per heavy atom. The molecule has 0 atom stereocenters. The van der Waals surface area contributed by atoms with Crippen molar-refractivity contribution in [1.29, 1.82) is 0 Å². The van der Waals surface area contributed by atoms with E-state index in [0.29, 0.717) is 12.4 Å². The van der Waals surface area contributed by atoms with Gasteiger partial charge in [0.15, 0.2) is 5.96 Å². The number of oxazole rings is 1. The molecule has 0 saturated carbocycles. The number of benzene rings is 1. The lowest BCUT2D eigenvalue weighted by Crippen LogP contribution is -2.36. The van der Waals surface area contributed by atoms with Crippen molar-refractivity contribution in [3.8, 4) is 11.5 Å². The first-order valence-electron chi connectivity index (χ1n) is 8.32. The van der Waals surface area contributed by atoms with Gasteiger partial charge in [0.2, 0.25) is 5.89 Å². The first kappa shape index (κ1) is 17.2. The molecule has 0 saturated heterocycles. The summed E-state index contributed by atoms with van der Waals surface area (Å²) >= 11 is 1.79. The van der Waals surface area contributed by atoms with Crippen molar-refractivity contribution in [2.75, 3.05) is 6.54 Å². The van der Waals surface area contributed by atoms with Gasteiger partial charge in [-0.25, -0.2) is 9.98 Å². The average molecular weight is 354 g/mol. The number of hydrogen-bond donors (Lipinski definition) is 2. The number of aryl methyl sites for hydroxylation is 1. The Morgan fingerprint density at radius 2 is 2.00 bits per heavy atom.